The fraction of sp³-hybridized carbons (Fsp3) is 0.588. The first-order chi connectivity index (χ1) is 10.2. The van der Waals surface area contributed by atoms with E-state index in [0.717, 1.165) is 37.4 Å². The van der Waals surface area contributed by atoms with Crippen LogP contribution in [-0.4, -0.2) is 25.1 Å². The third-order valence-corrected chi connectivity index (χ3v) is 4.31. The van der Waals surface area contributed by atoms with Gasteiger partial charge in [-0.05, 0) is 57.2 Å². The minimum Gasteiger partial charge on any atom is -0.491 e. The Balaban J connectivity index is 1.61. The molecule has 1 aliphatic heterocycles. The number of piperidine rings is 1. The van der Waals surface area contributed by atoms with Crippen LogP contribution in [0.4, 0.5) is 5.69 Å². The number of benzene rings is 1. The normalized spacial score (nSPS) is 25.4. The van der Waals surface area contributed by atoms with Gasteiger partial charge < -0.3 is 15.4 Å². The van der Waals surface area contributed by atoms with Gasteiger partial charge in [-0.3, -0.25) is 4.79 Å². The van der Waals surface area contributed by atoms with E-state index in [0.29, 0.717) is 12.0 Å². The summed E-state index contributed by atoms with van der Waals surface area (Å²) in [7, 11) is 0. The smallest absolute Gasteiger partial charge is 0.227 e. The zero-order valence-corrected chi connectivity index (χ0v) is 12.6. The fourth-order valence-electron chi connectivity index (χ4n) is 2.79. The molecule has 4 heteroatoms. The van der Waals surface area contributed by atoms with Crippen LogP contribution in [0.5, 0.6) is 5.75 Å². The molecule has 21 heavy (non-hydrogen) atoms. The van der Waals surface area contributed by atoms with Crippen molar-refractivity contribution < 1.29 is 9.53 Å². The molecule has 2 aliphatic rings. The molecule has 4 nitrogen and oxygen atoms in total. The maximum absolute atomic E-state index is 12.4. The number of carbonyl (C=O) groups is 1. The van der Waals surface area contributed by atoms with Gasteiger partial charge in [-0.2, -0.15) is 0 Å². The SMILES string of the molecule is C[C@H]1C[C@@H](C(=O)Nc2ccccc2OCC2CC2)CCN1. The Bertz CT molecular complexity index is 499. The third kappa shape index (κ3) is 3.97. The largest absolute Gasteiger partial charge is 0.491 e. The molecule has 2 N–H and O–H groups in total. The molecular formula is C17H24N2O2. The number of amides is 1. The van der Waals surface area contributed by atoms with Gasteiger partial charge in [-0.1, -0.05) is 12.1 Å². The summed E-state index contributed by atoms with van der Waals surface area (Å²) >= 11 is 0. The van der Waals surface area contributed by atoms with Crippen molar-refractivity contribution >= 4 is 11.6 Å². The first kappa shape index (κ1) is 14.4. The summed E-state index contributed by atoms with van der Waals surface area (Å²) in [5.41, 5.74) is 0.800. The van der Waals surface area contributed by atoms with Crippen LogP contribution in [0.25, 0.3) is 0 Å². The summed E-state index contributed by atoms with van der Waals surface area (Å²) in [5.74, 6) is 1.71. The number of anilines is 1. The second-order valence-electron chi connectivity index (χ2n) is 6.32. The lowest BCUT2D eigenvalue weighted by atomic mass is 9.92. The molecule has 1 aromatic rings. The van der Waals surface area contributed by atoms with Gasteiger partial charge >= 0.3 is 0 Å². The molecule has 1 amide bonds. The Morgan fingerprint density at radius 2 is 2.14 bits per heavy atom. The Morgan fingerprint density at radius 1 is 1.33 bits per heavy atom. The Hall–Kier alpha value is -1.55. The first-order valence-corrected chi connectivity index (χ1v) is 7.98. The molecule has 1 aromatic carbocycles. The van der Waals surface area contributed by atoms with E-state index in [9.17, 15) is 4.79 Å². The highest BCUT2D eigenvalue weighted by Gasteiger charge is 2.26. The van der Waals surface area contributed by atoms with Gasteiger partial charge in [-0.15, -0.1) is 0 Å². The van der Waals surface area contributed by atoms with Crippen LogP contribution in [0.15, 0.2) is 24.3 Å². The monoisotopic (exact) mass is 288 g/mol. The third-order valence-electron chi connectivity index (χ3n) is 4.31. The van der Waals surface area contributed by atoms with Gasteiger partial charge in [0, 0.05) is 12.0 Å². The summed E-state index contributed by atoms with van der Waals surface area (Å²) in [6, 6.07) is 8.15. The molecule has 0 spiro atoms. The average Bonchev–Trinajstić information content (AvgIpc) is 3.30. The number of ether oxygens (including phenoxy) is 1. The molecule has 3 rings (SSSR count). The lowest BCUT2D eigenvalue weighted by Crippen LogP contribution is -2.40. The molecule has 0 radical (unpaired) electrons. The number of rotatable bonds is 5. The van der Waals surface area contributed by atoms with Crippen molar-refractivity contribution in [2.75, 3.05) is 18.5 Å². The Labute approximate surface area is 126 Å². The van der Waals surface area contributed by atoms with Crippen molar-refractivity contribution in [3.05, 3.63) is 24.3 Å². The van der Waals surface area contributed by atoms with Crippen LogP contribution in [0.2, 0.25) is 0 Å². The second-order valence-corrected chi connectivity index (χ2v) is 6.32. The van der Waals surface area contributed by atoms with Crippen molar-refractivity contribution in [3.63, 3.8) is 0 Å². The van der Waals surface area contributed by atoms with E-state index in [1.165, 1.54) is 12.8 Å². The van der Waals surface area contributed by atoms with Crippen molar-refractivity contribution in [1.29, 1.82) is 0 Å². The molecule has 2 atom stereocenters. The summed E-state index contributed by atoms with van der Waals surface area (Å²) in [5, 5.41) is 6.43. The van der Waals surface area contributed by atoms with Crippen molar-refractivity contribution in [3.8, 4) is 5.75 Å². The van der Waals surface area contributed by atoms with Crippen LogP contribution in [-0.2, 0) is 4.79 Å². The molecule has 2 fully saturated rings. The molecule has 0 bridgehead atoms. The highest BCUT2D eigenvalue weighted by molar-refractivity contribution is 5.94. The maximum atomic E-state index is 12.4. The number of nitrogens with one attached hydrogen (secondary N) is 2. The van der Waals surface area contributed by atoms with Gasteiger partial charge in [0.2, 0.25) is 5.91 Å². The standard InChI is InChI=1S/C17H24N2O2/c1-12-10-14(8-9-18-12)17(20)19-15-4-2-3-5-16(15)21-11-13-6-7-13/h2-5,12-14,18H,6-11H2,1H3,(H,19,20)/t12-,14-/m0/s1. The minimum absolute atomic E-state index is 0.0951. The second kappa shape index (κ2) is 6.48. The summed E-state index contributed by atoms with van der Waals surface area (Å²) in [6.45, 7) is 3.81. The van der Waals surface area contributed by atoms with Crippen LogP contribution in [0, 0.1) is 11.8 Å². The quantitative estimate of drug-likeness (QED) is 0.876. The van der Waals surface area contributed by atoms with E-state index in [-0.39, 0.29) is 11.8 Å². The van der Waals surface area contributed by atoms with Gasteiger partial charge in [0.05, 0.1) is 12.3 Å². The van der Waals surface area contributed by atoms with E-state index < -0.39 is 0 Å². The van der Waals surface area contributed by atoms with Crippen molar-refractivity contribution in [2.45, 2.75) is 38.6 Å². The zero-order valence-electron chi connectivity index (χ0n) is 12.6. The minimum atomic E-state index is 0.0951. The van der Waals surface area contributed by atoms with E-state index >= 15 is 0 Å². The van der Waals surface area contributed by atoms with Gasteiger partial charge in [0.15, 0.2) is 0 Å². The number of carbonyl (C=O) groups excluding carboxylic acids is 1. The lowest BCUT2D eigenvalue weighted by molar-refractivity contribution is -0.120. The van der Waals surface area contributed by atoms with Crippen molar-refractivity contribution in [2.24, 2.45) is 11.8 Å². The number of hydrogen-bond acceptors (Lipinski definition) is 3. The highest BCUT2D eigenvalue weighted by atomic mass is 16.5. The summed E-state index contributed by atoms with van der Waals surface area (Å²) in [4.78, 5) is 12.4. The van der Waals surface area contributed by atoms with Gasteiger partial charge in [0.25, 0.3) is 0 Å². The topological polar surface area (TPSA) is 50.4 Å². The van der Waals surface area contributed by atoms with Gasteiger partial charge in [0.1, 0.15) is 5.75 Å². The molecule has 0 aromatic heterocycles. The fourth-order valence-corrected chi connectivity index (χ4v) is 2.79. The molecular weight excluding hydrogens is 264 g/mol. The molecule has 0 unspecified atom stereocenters. The predicted molar refractivity (Wildman–Crippen MR) is 83.5 cm³/mol. The molecule has 1 saturated heterocycles. The molecule has 1 saturated carbocycles. The van der Waals surface area contributed by atoms with Crippen LogP contribution >= 0.6 is 0 Å². The van der Waals surface area contributed by atoms with E-state index in [1.54, 1.807) is 0 Å². The first-order valence-electron chi connectivity index (χ1n) is 7.98. The number of hydrogen-bond donors (Lipinski definition) is 2. The van der Waals surface area contributed by atoms with Gasteiger partial charge in [-0.25, -0.2) is 0 Å². The van der Waals surface area contributed by atoms with Crippen LogP contribution in [0.1, 0.15) is 32.6 Å². The molecule has 114 valence electrons. The van der Waals surface area contributed by atoms with E-state index in [2.05, 4.69) is 17.6 Å². The Morgan fingerprint density at radius 3 is 2.90 bits per heavy atom. The average molecular weight is 288 g/mol. The zero-order chi connectivity index (χ0) is 14.7. The van der Waals surface area contributed by atoms with E-state index in [4.69, 9.17) is 4.74 Å². The Kier molecular flexibility index (Phi) is 4.44. The maximum Gasteiger partial charge on any atom is 0.227 e. The molecule has 1 heterocycles. The lowest BCUT2D eigenvalue weighted by Gasteiger charge is -2.27. The number of para-hydroxylation sites is 2. The summed E-state index contributed by atoms with van der Waals surface area (Å²) in [6.07, 6.45) is 4.33. The van der Waals surface area contributed by atoms with Crippen molar-refractivity contribution in [1.82, 2.24) is 5.32 Å². The predicted octanol–water partition coefficient (Wildman–Crippen LogP) is 2.80. The summed E-state index contributed by atoms with van der Waals surface area (Å²) < 4.78 is 5.84. The highest BCUT2D eigenvalue weighted by Crippen LogP contribution is 2.32. The van der Waals surface area contributed by atoms with E-state index in [1.807, 2.05) is 24.3 Å². The molecule has 1 aliphatic carbocycles. The van der Waals surface area contributed by atoms with Crippen LogP contribution < -0.4 is 15.4 Å². The van der Waals surface area contributed by atoms with Crippen LogP contribution in [0.3, 0.4) is 0 Å².